The lowest BCUT2D eigenvalue weighted by molar-refractivity contribution is 0.0731. The van der Waals surface area contributed by atoms with E-state index in [1.807, 2.05) is 41.5 Å². The molecule has 1 saturated heterocycles. The number of nitrogens with zero attached hydrogens (tertiary/aromatic N) is 3. The molecule has 6 heteroatoms. The zero-order valence-corrected chi connectivity index (χ0v) is 15.5. The van der Waals surface area contributed by atoms with Gasteiger partial charge in [-0.25, -0.2) is 4.68 Å². The summed E-state index contributed by atoms with van der Waals surface area (Å²) in [5.74, 6) is -0.0815. The van der Waals surface area contributed by atoms with Crippen molar-refractivity contribution in [1.82, 2.24) is 14.7 Å². The number of carbonyl (C=O) groups excluding carboxylic acids is 1. The molecule has 3 aromatic rings. The van der Waals surface area contributed by atoms with Gasteiger partial charge in [-0.3, -0.25) is 9.59 Å². The lowest BCUT2D eigenvalue weighted by atomic mass is 10.1. The van der Waals surface area contributed by atoms with Crippen LogP contribution < -0.4 is 5.56 Å². The molecule has 0 radical (unpaired) electrons. The highest BCUT2D eigenvalue weighted by molar-refractivity contribution is 7.10. The Bertz CT molecular complexity index is 994. The van der Waals surface area contributed by atoms with Crippen molar-refractivity contribution in [3.63, 3.8) is 0 Å². The van der Waals surface area contributed by atoms with E-state index in [0.717, 1.165) is 25.8 Å². The summed E-state index contributed by atoms with van der Waals surface area (Å²) in [6.45, 7) is 3.24. The maximum Gasteiger partial charge on any atom is 0.275 e. The molecular weight excluding hydrogens is 346 g/mol. The monoisotopic (exact) mass is 367 g/mol. The van der Waals surface area contributed by atoms with E-state index in [-0.39, 0.29) is 17.5 Å². The molecule has 26 heavy (non-hydrogen) atoms. The predicted molar refractivity (Wildman–Crippen MR) is 104 cm³/mol. The van der Waals surface area contributed by atoms with E-state index in [0.29, 0.717) is 23.0 Å². The number of rotatable bonds is 4. The van der Waals surface area contributed by atoms with Crippen LogP contribution in [0.15, 0.2) is 46.6 Å². The first-order chi connectivity index (χ1) is 12.7. The molecule has 0 spiro atoms. The molecule has 134 valence electrons. The van der Waals surface area contributed by atoms with Crippen molar-refractivity contribution in [3.8, 4) is 0 Å². The molecule has 3 heterocycles. The molecule has 0 aliphatic carbocycles. The van der Waals surface area contributed by atoms with Gasteiger partial charge in [0.25, 0.3) is 11.5 Å². The largest absolute Gasteiger partial charge is 0.329 e. The van der Waals surface area contributed by atoms with Crippen molar-refractivity contribution >= 4 is 28.0 Å². The van der Waals surface area contributed by atoms with E-state index in [2.05, 4.69) is 11.2 Å². The second kappa shape index (κ2) is 7.03. The van der Waals surface area contributed by atoms with Crippen LogP contribution in [0.4, 0.5) is 0 Å². The van der Waals surface area contributed by atoms with Gasteiger partial charge < -0.3 is 4.90 Å². The van der Waals surface area contributed by atoms with Crippen LogP contribution in [-0.2, 0) is 6.54 Å². The predicted octanol–water partition coefficient (Wildman–Crippen LogP) is 3.85. The first kappa shape index (κ1) is 17.0. The molecule has 1 amide bonds. The average molecular weight is 367 g/mol. The standard InChI is InChI=1S/C20H21N3O2S/c1-2-11-23-19(24)15-8-4-3-7-14(15)18(21-23)20(25)22-12-5-9-16(22)17-10-6-13-26-17/h3-4,6-8,10,13,16H,2,5,9,11-12H2,1H3. The SMILES string of the molecule is CCCn1nc(C(=O)N2CCCC2c2cccs2)c2ccccc2c1=O. The van der Waals surface area contributed by atoms with Crippen LogP contribution in [0.25, 0.3) is 10.8 Å². The van der Waals surface area contributed by atoms with E-state index in [9.17, 15) is 9.59 Å². The highest BCUT2D eigenvalue weighted by Gasteiger charge is 2.33. The van der Waals surface area contributed by atoms with Gasteiger partial charge in [0.05, 0.1) is 11.4 Å². The van der Waals surface area contributed by atoms with Gasteiger partial charge >= 0.3 is 0 Å². The van der Waals surface area contributed by atoms with Crippen molar-refractivity contribution in [2.24, 2.45) is 0 Å². The molecule has 0 bridgehead atoms. The van der Waals surface area contributed by atoms with Gasteiger partial charge in [0.15, 0.2) is 5.69 Å². The molecular formula is C20H21N3O2S. The molecule has 1 fully saturated rings. The quantitative estimate of drug-likeness (QED) is 0.704. The van der Waals surface area contributed by atoms with Crippen molar-refractivity contribution in [2.45, 2.75) is 38.8 Å². The molecule has 1 aliphatic heterocycles. The van der Waals surface area contributed by atoms with Gasteiger partial charge in [0, 0.05) is 23.4 Å². The number of aromatic nitrogens is 2. The van der Waals surface area contributed by atoms with Crippen LogP contribution >= 0.6 is 11.3 Å². The zero-order chi connectivity index (χ0) is 18.1. The molecule has 5 nitrogen and oxygen atoms in total. The minimum atomic E-state index is -0.129. The summed E-state index contributed by atoms with van der Waals surface area (Å²) in [4.78, 5) is 29.2. The number of benzene rings is 1. The minimum Gasteiger partial charge on any atom is -0.329 e. The van der Waals surface area contributed by atoms with Crippen molar-refractivity contribution in [3.05, 3.63) is 62.7 Å². The Morgan fingerprint density at radius 2 is 2.04 bits per heavy atom. The van der Waals surface area contributed by atoms with E-state index in [1.54, 1.807) is 17.4 Å². The molecule has 0 N–H and O–H groups in total. The van der Waals surface area contributed by atoms with Crippen LogP contribution in [0.1, 0.15) is 47.6 Å². The number of thiophene rings is 1. The van der Waals surface area contributed by atoms with Crippen LogP contribution in [0.3, 0.4) is 0 Å². The summed E-state index contributed by atoms with van der Waals surface area (Å²) in [6.07, 6.45) is 2.75. The average Bonchev–Trinajstić information content (AvgIpc) is 3.35. The third kappa shape index (κ3) is 2.84. The fourth-order valence-electron chi connectivity index (χ4n) is 3.68. The fourth-order valence-corrected chi connectivity index (χ4v) is 4.55. The molecule has 4 rings (SSSR count). The number of amides is 1. The Morgan fingerprint density at radius 3 is 2.77 bits per heavy atom. The molecule has 0 saturated carbocycles. The van der Waals surface area contributed by atoms with Gasteiger partial charge in [-0.1, -0.05) is 31.2 Å². The summed E-state index contributed by atoms with van der Waals surface area (Å²) in [5.41, 5.74) is 0.257. The minimum absolute atomic E-state index is 0.0815. The number of hydrogen-bond acceptors (Lipinski definition) is 4. The number of likely N-dealkylation sites (tertiary alicyclic amines) is 1. The number of fused-ring (bicyclic) bond motifs is 1. The number of carbonyl (C=O) groups is 1. The van der Waals surface area contributed by atoms with Gasteiger partial charge in [-0.2, -0.15) is 5.10 Å². The lowest BCUT2D eigenvalue weighted by Gasteiger charge is -2.24. The van der Waals surface area contributed by atoms with Crippen molar-refractivity contribution in [2.75, 3.05) is 6.54 Å². The Morgan fingerprint density at radius 1 is 1.23 bits per heavy atom. The Balaban J connectivity index is 1.81. The molecule has 1 aliphatic rings. The third-order valence-corrected chi connectivity index (χ3v) is 5.86. The Kier molecular flexibility index (Phi) is 4.59. The van der Waals surface area contributed by atoms with Gasteiger partial charge in [0.2, 0.25) is 0 Å². The highest BCUT2D eigenvalue weighted by Crippen LogP contribution is 2.35. The third-order valence-electron chi connectivity index (χ3n) is 4.89. The second-order valence-corrected chi connectivity index (χ2v) is 7.57. The summed E-state index contributed by atoms with van der Waals surface area (Å²) in [6, 6.07) is 11.5. The summed E-state index contributed by atoms with van der Waals surface area (Å²) in [7, 11) is 0. The summed E-state index contributed by atoms with van der Waals surface area (Å²) < 4.78 is 1.44. The normalized spacial score (nSPS) is 17.1. The molecule has 2 aromatic heterocycles. The zero-order valence-electron chi connectivity index (χ0n) is 14.7. The number of aryl methyl sites for hydroxylation is 1. The van der Waals surface area contributed by atoms with Crippen molar-refractivity contribution < 1.29 is 4.79 Å². The van der Waals surface area contributed by atoms with Gasteiger partial charge in [0.1, 0.15) is 0 Å². The number of hydrogen-bond donors (Lipinski definition) is 0. The molecule has 1 unspecified atom stereocenters. The van der Waals surface area contributed by atoms with Gasteiger partial charge in [-0.05, 0) is 36.8 Å². The van der Waals surface area contributed by atoms with Crippen molar-refractivity contribution in [1.29, 1.82) is 0 Å². The van der Waals surface area contributed by atoms with E-state index in [1.165, 1.54) is 9.56 Å². The fraction of sp³-hybridized carbons (Fsp3) is 0.350. The van der Waals surface area contributed by atoms with E-state index >= 15 is 0 Å². The topological polar surface area (TPSA) is 55.2 Å². The first-order valence-corrected chi connectivity index (χ1v) is 9.93. The van der Waals surface area contributed by atoms with Crippen LogP contribution in [0.5, 0.6) is 0 Å². The first-order valence-electron chi connectivity index (χ1n) is 9.05. The highest BCUT2D eigenvalue weighted by atomic mass is 32.1. The Hall–Kier alpha value is -2.47. The molecule has 1 aromatic carbocycles. The van der Waals surface area contributed by atoms with E-state index < -0.39 is 0 Å². The second-order valence-electron chi connectivity index (χ2n) is 6.59. The maximum absolute atomic E-state index is 13.4. The van der Waals surface area contributed by atoms with E-state index in [4.69, 9.17) is 0 Å². The maximum atomic E-state index is 13.4. The summed E-state index contributed by atoms with van der Waals surface area (Å²) in [5, 5.41) is 7.72. The summed E-state index contributed by atoms with van der Waals surface area (Å²) >= 11 is 1.68. The Labute approximate surface area is 155 Å². The smallest absolute Gasteiger partial charge is 0.275 e. The van der Waals surface area contributed by atoms with Crippen LogP contribution in [0.2, 0.25) is 0 Å². The van der Waals surface area contributed by atoms with Crippen LogP contribution in [0, 0.1) is 0 Å². The lowest BCUT2D eigenvalue weighted by Crippen LogP contribution is -2.34. The van der Waals surface area contributed by atoms with Gasteiger partial charge in [-0.15, -0.1) is 11.3 Å². The molecule has 1 atom stereocenters. The van der Waals surface area contributed by atoms with Crippen LogP contribution in [-0.4, -0.2) is 27.1 Å².